The van der Waals surface area contributed by atoms with Gasteiger partial charge in [0.25, 0.3) is 0 Å². The monoisotopic (exact) mass is 481 g/mol. The average Bonchev–Trinajstić information content (AvgIpc) is 2.70. The van der Waals surface area contributed by atoms with Crippen LogP contribution < -0.4 is 10.3 Å². The number of rotatable bonds is 4. The molecule has 1 aromatic carbocycles. The molecule has 1 saturated heterocycles. The number of hydrogen-bond acceptors (Lipinski definition) is 9. The number of phenols is 1. The van der Waals surface area contributed by atoms with Crippen molar-refractivity contribution in [1.29, 1.82) is 0 Å². The quantitative estimate of drug-likeness (QED) is 0.500. The lowest BCUT2D eigenvalue weighted by Gasteiger charge is -2.31. The third-order valence-electron chi connectivity index (χ3n) is 4.75. The highest BCUT2D eigenvalue weighted by molar-refractivity contribution is 9.10. The SMILES string of the molecule is O=S1(=O)CCc2nc(N/N=C/c3ccc(O)c(Br)c3)nc(N3CCOCC3)c2C1. The zero-order valence-corrected chi connectivity index (χ0v) is 17.9. The third kappa shape index (κ3) is 4.68. The van der Waals surface area contributed by atoms with Gasteiger partial charge in [0.15, 0.2) is 9.84 Å². The number of aromatic hydroxyl groups is 1. The predicted octanol–water partition coefficient (Wildman–Crippen LogP) is 1.70. The van der Waals surface area contributed by atoms with Crippen LogP contribution in [0.25, 0.3) is 0 Å². The van der Waals surface area contributed by atoms with Gasteiger partial charge in [-0.15, -0.1) is 0 Å². The zero-order valence-electron chi connectivity index (χ0n) is 15.5. The Morgan fingerprint density at radius 1 is 1.28 bits per heavy atom. The lowest BCUT2D eigenvalue weighted by molar-refractivity contribution is 0.122. The summed E-state index contributed by atoms with van der Waals surface area (Å²) in [6, 6.07) is 5.03. The van der Waals surface area contributed by atoms with Crippen LogP contribution in [0.1, 0.15) is 16.8 Å². The van der Waals surface area contributed by atoms with Gasteiger partial charge in [-0.2, -0.15) is 10.1 Å². The Bertz CT molecular complexity index is 1050. The number of aryl methyl sites for hydroxylation is 1. The van der Waals surface area contributed by atoms with Gasteiger partial charge in [-0.05, 0) is 39.7 Å². The summed E-state index contributed by atoms with van der Waals surface area (Å²) in [5.41, 5.74) is 5.03. The van der Waals surface area contributed by atoms with E-state index in [0.29, 0.717) is 54.5 Å². The summed E-state index contributed by atoms with van der Waals surface area (Å²) < 4.78 is 30.3. The second-order valence-corrected chi connectivity index (χ2v) is 9.86. The van der Waals surface area contributed by atoms with Gasteiger partial charge in [0.2, 0.25) is 5.95 Å². The second-order valence-electron chi connectivity index (χ2n) is 6.82. The van der Waals surface area contributed by atoms with E-state index in [1.54, 1.807) is 24.4 Å². The molecule has 4 rings (SSSR count). The average molecular weight is 482 g/mol. The Kier molecular flexibility index (Phi) is 5.70. The highest BCUT2D eigenvalue weighted by Gasteiger charge is 2.29. The van der Waals surface area contributed by atoms with E-state index in [-0.39, 0.29) is 17.3 Å². The minimum atomic E-state index is -3.14. The van der Waals surface area contributed by atoms with Crippen LogP contribution in [0, 0.1) is 0 Å². The van der Waals surface area contributed by atoms with E-state index < -0.39 is 9.84 Å². The number of halogens is 1. The smallest absolute Gasteiger partial charge is 0.245 e. The van der Waals surface area contributed by atoms with Crippen LogP contribution in [0.5, 0.6) is 5.75 Å². The fourth-order valence-electron chi connectivity index (χ4n) is 3.27. The second kappa shape index (κ2) is 8.25. The van der Waals surface area contributed by atoms with Crippen LogP contribution in [-0.4, -0.2) is 61.8 Å². The van der Waals surface area contributed by atoms with E-state index in [9.17, 15) is 13.5 Å². The molecule has 1 fully saturated rings. The van der Waals surface area contributed by atoms with Gasteiger partial charge >= 0.3 is 0 Å². The maximum absolute atomic E-state index is 12.2. The molecule has 3 heterocycles. The number of benzene rings is 1. The summed E-state index contributed by atoms with van der Waals surface area (Å²) in [7, 11) is -3.14. The summed E-state index contributed by atoms with van der Waals surface area (Å²) >= 11 is 3.27. The molecular weight excluding hydrogens is 462 g/mol. The molecule has 29 heavy (non-hydrogen) atoms. The predicted molar refractivity (Wildman–Crippen MR) is 113 cm³/mol. The van der Waals surface area contributed by atoms with Crippen molar-refractivity contribution in [2.75, 3.05) is 42.4 Å². The number of sulfone groups is 1. The molecule has 0 unspecified atom stereocenters. The number of morpholine rings is 1. The summed E-state index contributed by atoms with van der Waals surface area (Å²) in [5.74, 6) is 1.15. The molecule has 2 aromatic rings. The Balaban J connectivity index is 1.61. The number of nitrogens with zero attached hydrogens (tertiary/aromatic N) is 4. The molecule has 0 saturated carbocycles. The molecule has 1 aromatic heterocycles. The van der Waals surface area contributed by atoms with Crippen molar-refractivity contribution in [3.63, 3.8) is 0 Å². The Labute approximate surface area is 176 Å². The molecule has 2 N–H and O–H groups in total. The molecule has 0 atom stereocenters. The van der Waals surface area contributed by atoms with Crippen LogP contribution in [0.15, 0.2) is 27.8 Å². The number of anilines is 2. The number of phenolic OH excluding ortho intramolecular Hbond substituents is 1. The number of ether oxygens (including phenoxy) is 1. The van der Waals surface area contributed by atoms with E-state index in [4.69, 9.17) is 4.74 Å². The van der Waals surface area contributed by atoms with Gasteiger partial charge in [0, 0.05) is 25.1 Å². The van der Waals surface area contributed by atoms with Gasteiger partial charge in [-0.3, -0.25) is 0 Å². The van der Waals surface area contributed by atoms with E-state index >= 15 is 0 Å². The molecule has 0 spiro atoms. The lowest BCUT2D eigenvalue weighted by Crippen LogP contribution is -2.38. The summed E-state index contributed by atoms with van der Waals surface area (Å²) in [5, 5.41) is 13.8. The van der Waals surface area contributed by atoms with Gasteiger partial charge in [-0.25, -0.2) is 18.8 Å². The van der Waals surface area contributed by atoms with Crippen LogP contribution in [-0.2, 0) is 26.7 Å². The van der Waals surface area contributed by atoms with Gasteiger partial charge in [0.05, 0.1) is 41.1 Å². The third-order valence-corrected chi connectivity index (χ3v) is 6.94. The molecule has 0 amide bonds. The van der Waals surface area contributed by atoms with Crippen molar-refractivity contribution in [3.05, 3.63) is 39.5 Å². The summed E-state index contributed by atoms with van der Waals surface area (Å²) in [4.78, 5) is 11.1. The number of hydrogen-bond donors (Lipinski definition) is 2. The van der Waals surface area contributed by atoms with Gasteiger partial charge < -0.3 is 14.7 Å². The first kappa shape index (κ1) is 20.0. The van der Waals surface area contributed by atoms with E-state index in [1.807, 2.05) is 4.90 Å². The van der Waals surface area contributed by atoms with E-state index in [2.05, 4.69) is 36.4 Å². The highest BCUT2D eigenvalue weighted by Crippen LogP contribution is 2.29. The van der Waals surface area contributed by atoms with Crippen molar-refractivity contribution in [3.8, 4) is 5.75 Å². The maximum atomic E-state index is 12.2. The Morgan fingerprint density at radius 3 is 2.83 bits per heavy atom. The number of fused-ring (bicyclic) bond motifs is 1. The van der Waals surface area contributed by atoms with Crippen molar-refractivity contribution < 1.29 is 18.3 Å². The van der Waals surface area contributed by atoms with Crippen LogP contribution in [0.4, 0.5) is 11.8 Å². The molecule has 11 heteroatoms. The van der Waals surface area contributed by atoms with Crippen molar-refractivity contribution >= 4 is 43.7 Å². The molecule has 2 aliphatic heterocycles. The first-order valence-corrected chi connectivity index (χ1v) is 11.7. The molecule has 0 bridgehead atoms. The Morgan fingerprint density at radius 2 is 2.07 bits per heavy atom. The molecule has 0 aliphatic carbocycles. The lowest BCUT2D eigenvalue weighted by atomic mass is 10.1. The van der Waals surface area contributed by atoms with Crippen molar-refractivity contribution in [2.45, 2.75) is 12.2 Å². The minimum Gasteiger partial charge on any atom is -0.507 e. The molecule has 9 nitrogen and oxygen atoms in total. The van der Waals surface area contributed by atoms with E-state index in [1.165, 1.54) is 0 Å². The van der Waals surface area contributed by atoms with Crippen molar-refractivity contribution in [2.24, 2.45) is 5.10 Å². The van der Waals surface area contributed by atoms with Gasteiger partial charge in [0.1, 0.15) is 11.6 Å². The van der Waals surface area contributed by atoms with Crippen LogP contribution in [0.3, 0.4) is 0 Å². The fourth-order valence-corrected chi connectivity index (χ4v) is 5.05. The van der Waals surface area contributed by atoms with Crippen LogP contribution in [0.2, 0.25) is 0 Å². The molecule has 2 aliphatic rings. The standard InChI is InChI=1S/C18H20BrN5O4S/c19-14-9-12(1-2-16(14)25)10-20-23-18-21-15-3-8-29(26,27)11-13(15)17(22-18)24-4-6-28-7-5-24/h1-2,9-10,25H,3-8,11H2,(H,21,22,23)/b20-10+. The first-order chi connectivity index (χ1) is 13.9. The van der Waals surface area contributed by atoms with E-state index in [0.717, 1.165) is 11.3 Å². The topological polar surface area (TPSA) is 117 Å². The summed E-state index contributed by atoms with van der Waals surface area (Å²) in [6.45, 7) is 2.44. The maximum Gasteiger partial charge on any atom is 0.245 e. The Hall–Kier alpha value is -2.24. The number of nitrogens with one attached hydrogen (secondary N) is 1. The first-order valence-electron chi connectivity index (χ1n) is 9.12. The summed E-state index contributed by atoms with van der Waals surface area (Å²) in [6.07, 6.45) is 1.95. The highest BCUT2D eigenvalue weighted by atomic mass is 79.9. The molecular formula is C18H20BrN5O4S. The van der Waals surface area contributed by atoms with Crippen molar-refractivity contribution in [1.82, 2.24) is 9.97 Å². The zero-order chi connectivity index (χ0) is 20.4. The number of aromatic nitrogens is 2. The number of hydrazone groups is 1. The molecule has 0 radical (unpaired) electrons. The minimum absolute atomic E-state index is 0.0416. The normalized spacial score (nSPS) is 18.6. The van der Waals surface area contributed by atoms with Gasteiger partial charge in [-0.1, -0.05) is 0 Å². The molecule has 154 valence electrons. The fraction of sp³-hybridized carbons (Fsp3) is 0.389. The van der Waals surface area contributed by atoms with Crippen LogP contribution >= 0.6 is 15.9 Å². The largest absolute Gasteiger partial charge is 0.507 e.